The zero-order valence-electron chi connectivity index (χ0n) is 20.1. The fourth-order valence-corrected chi connectivity index (χ4v) is 4.83. The Kier molecular flexibility index (Phi) is 9.01. The molecule has 1 fully saturated rings. The first-order valence-corrected chi connectivity index (χ1v) is 12.2. The minimum absolute atomic E-state index is 0.0483. The predicted molar refractivity (Wildman–Crippen MR) is 130 cm³/mol. The van der Waals surface area contributed by atoms with Crippen LogP contribution in [0.5, 0.6) is 0 Å². The number of carbonyl (C=O) groups is 3. The molecule has 0 atom stereocenters. The molecule has 1 saturated carbocycles. The van der Waals surface area contributed by atoms with E-state index in [-0.39, 0.29) is 47.8 Å². The molecule has 0 saturated heterocycles. The third-order valence-electron chi connectivity index (χ3n) is 6.16. The Morgan fingerprint density at radius 1 is 1.11 bits per heavy atom. The van der Waals surface area contributed by atoms with E-state index in [0.29, 0.717) is 0 Å². The number of amides is 1. The van der Waals surface area contributed by atoms with E-state index in [1.807, 2.05) is 0 Å². The Bertz CT molecular complexity index is 1200. The maximum atomic E-state index is 14.2. The standard InChI is InChI=1S/C24H25Cl2F3N4O4/c1-13(2)7-8-32(12-19(34)20-17(25)10-30-11-18(20)26)22(35)16-9-31-33(21(16)24(27,28)29)15-5-3-14(4-6-15)23(36)37/h7,9-11,14-15H,3-6,8,12H2,1-2H3,(H,36,37). The van der Waals surface area contributed by atoms with E-state index in [0.717, 1.165) is 21.4 Å². The van der Waals surface area contributed by atoms with Crippen LogP contribution in [0.15, 0.2) is 30.2 Å². The summed E-state index contributed by atoms with van der Waals surface area (Å²) in [6.45, 7) is 2.76. The molecule has 13 heteroatoms. The van der Waals surface area contributed by atoms with E-state index in [1.165, 1.54) is 12.4 Å². The number of nitrogens with zero attached hydrogens (tertiary/aromatic N) is 4. The van der Waals surface area contributed by atoms with Gasteiger partial charge in [-0.15, -0.1) is 0 Å². The van der Waals surface area contributed by atoms with Crippen LogP contribution in [0.3, 0.4) is 0 Å². The summed E-state index contributed by atoms with van der Waals surface area (Å²) in [6, 6.07) is -0.712. The molecule has 0 bridgehead atoms. The molecule has 8 nitrogen and oxygen atoms in total. The lowest BCUT2D eigenvalue weighted by molar-refractivity contribution is -0.147. The molecular weight excluding hydrogens is 536 g/mol. The van der Waals surface area contributed by atoms with E-state index < -0.39 is 53.6 Å². The largest absolute Gasteiger partial charge is 0.481 e. The van der Waals surface area contributed by atoms with Crippen molar-refractivity contribution in [2.24, 2.45) is 5.92 Å². The van der Waals surface area contributed by atoms with E-state index >= 15 is 0 Å². The summed E-state index contributed by atoms with van der Waals surface area (Å²) in [6.07, 6.45) is 0.691. The zero-order chi connectivity index (χ0) is 27.5. The maximum absolute atomic E-state index is 14.2. The Morgan fingerprint density at radius 3 is 2.22 bits per heavy atom. The number of halogens is 5. The van der Waals surface area contributed by atoms with E-state index in [9.17, 15) is 32.7 Å². The third-order valence-corrected chi connectivity index (χ3v) is 6.73. The van der Waals surface area contributed by atoms with Crippen LogP contribution in [0.1, 0.15) is 72.0 Å². The fourth-order valence-electron chi connectivity index (χ4n) is 4.26. The van der Waals surface area contributed by atoms with Crippen LogP contribution < -0.4 is 0 Å². The first-order chi connectivity index (χ1) is 17.3. The molecule has 0 aliphatic heterocycles. The number of pyridine rings is 1. The van der Waals surface area contributed by atoms with Gasteiger partial charge in [-0.1, -0.05) is 34.9 Å². The van der Waals surface area contributed by atoms with Gasteiger partial charge < -0.3 is 10.0 Å². The quantitative estimate of drug-likeness (QED) is 0.327. The number of carboxylic acids is 1. The molecule has 1 N–H and O–H groups in total. The average molecular weight is 561 g/mol. The number of rotatable bonds is 8. The number of aromatic nitrogens is 3. The molecule has 2 aromatic rings. The molecule has 1 amide bonds. The molecule has 0 aromatic carbocycles. The molecule has 3 rings (SSSR count). The fraction of sp³-hybridized carbons (Fsp3) is 0.458. The van der Waals surface area contributed by atoms with Crippen LogP contribution >= 0.6 is 23.2 Å². The zero-order valence-corrected chi connectivity index (χ0v) is 21.6. The summed E-state index contributed by atoms with van der Waals surface area (Å²) >= 11 is 12.1. The number of carboxylic acid groups (broad SMARTS) is 1. The number of hydrogen-bond donors (Lipinski definition) is 1. The highest BCUT2D eigenvalue weighted by Gasteiger charge is 2.43. The van der Waals surface area contributed by atoms with Crippen molar-refractivity contribution in [3.8, 4) is 0 Å². The lowest BCUT2D eigenvalue weighted by atomic mass is 9.86. The highest BCUT2D eigenvalue weighted by molar-refractivity contribution is 6.39. The van der Waals surface area contributed by atoms with Crippen molar-refractivity contribution in [3.05, 3.63) is 57.1 Å². The molecule has 200 valence electrons. The molecule has 1 aliphatic carbocycles. The monoisotopic (exact) mass is 560 g/mol. The van der Waals surface area contributed by atoms with Crippen LogP contribution in [-0.2, 0) is 11.0 Å². The summed E-state index contributed by atoms with van der Waals surface area (Å²) in [5.74, 6) is -3.31. The van der Waals surface area contributed by atoms with Gasteiger partial charge in [0.1, 0.15) is 0 Å². The number of hydrogen-bond acceptors (Lipinski definition) is 5. The number of Topliss-reactive ketones (excluding diaryl/α,β-unsaturated/α-hetero) is 1. The summed E-state index contributed by atoms with van der Waals surface area (Å²) in [5.41, 5.74) is -1.23. The van der Waals surface area contributed by atoms with Crippen molar-refractivity contribution in [2.75, 3.05) is 13.1 Å². The van der Waals surface area contributed by atoms with Crippen molar-refractivity contribution in [1.82, 2.24) is 19.7 Å². The normalized spacial score (nSPS) is 17.8. The number of allylic oxidation sites excluding steroid dienone is 1. The van der Waals surface area contributed by atoms with Gasteiger partial charge in [-0.25, -0.2) is 0 Å². The van der Waals surface area contributed by atoms with Crippen LogP contribution in [0.4, 0.5) is 13.2 Å². The second-order valence-corrected chi connectivity index (χ2v) is 9.88. The van der Waals surface area contributed by atoms with Gasteiger partial charge in [0, 0.05) is 18.9 Å². The molecule has 0 unspecified atom stereocenters. The van der Waals surface area contributed by atoms with Crippen LogP contribution in [0, 0.1) is 5.92 Å². The number of aliphatic carboxylic acids is 1. The first kappa shape index (κ1) is 28.6. The van der Waals surface area contributed by atoms with E-state index in [4.69, 9.17) is 23.2 Å². The van der Waals surface area contributed by atoms with Gasteiger partial charge >= 0.3 is 12.1 Å². The summed E-state index contributed by atoms with van der Waals surface area (Å²) in [5, 5.41) is 13.0. The Labute approximate surface area is 221 Å². The van der Waals surface area contributed by atoms with Gasteiger partial charge in [-0.3, -0.25) is 24.0 Å². The molecule has 2 aromatic heterocycles. The molecule has 1 aliphatic rings. The Hall–Kier alpha value is -2.92. The topological polar surface area (TPSA) is 105 Å². The maximum Gasteiger partial charge on any atom is 0.433 e. The van der Waals surface area contributed by atoms with Crippen LogP contribution in [-0.4, -0.2) is 55.5 Å². The molecule has 0 radical (unpaired) electrons. The third kappa shape index (κ3) is 6.70. The van der Waals surface area contributed by atoms with Gasteiger partial charge in [-0.2, -0.15) is 18.3 Å². The van der Waals surface area contributed by atoms with Crippen LogP contribution in [0.2, 0.25) is 10.0 Å². The van der Waals surface area contributed by atoms with Crippen molar-refractivity contribution in [1.29, 1.82) is 0 Å². The smallest absolute Gasteiger partial charge is 0.433 e. The lowest BCUT2D eigenvalue weighted by Gasteiger charge is -2.28. The number of carbonyl (C=O) groups excluding carboxylic acids is 2. The van der Waals surface area contributed by atoms with Crippen molar-refractivity contribution >= 4 is 40.9 Å². The lowest BCUT2D eigenvalue weighted by Crippen LogP contribution is -2.37. The Morgan fingerprint density at radius 2 is 1.70 bits per heavy atom. The first-order valence-electron chi connectivity index (χ1n) is 11.4. The average Bonchev–Trinajstić information content (AvgIpc) is 3.27. The van der Waals surface area contributed by atoms with Gasteiger partial charge in [0.2, 0.25) is 0 Å². The minimum Gasteiger partial charge on any atom is -0.481 e. The van der Waals surface area contributed by atoms with Crippen molar-refractivity contribution in [2.45, 2.75) is 51.7 Å². The molecule has 2 heterocycles. The van der Waals surface area contributed by atoms with Gasteiger partial charge in [-0.05, 0) is 39.5 Å². The van der Waals surface area contributed by atoms with E-state index in [2.05, 4.69) is 10.1 Å². The highest BCUT2D eigenvalue weighted by Crippen LogP contribution is 2.39. The molecule has 0 spiro atoms. The number of alkyl halides is 3. The van der Waals surface area contributed by atoms with Gasteiger partial charge in [0.15, 0.2) is 11.5 Å². The van der Waals surface area contributed by atoms with Gasteiger partial charge in [0.25, 0.3) is 5.91 Å². The minimum atomic E-state index is -4.92. The van der Waals surface area contributed by atoms with Gasteiger partial charge in [0.05, 0.1) is 45.9 Å². The van der Waals surface area contributed by atoms with Crippen LogP contribution in [0.25, 0.3) is 0 Å². The molecular formula is C24H25Cl2F3N4O4. The summed E-state index contributed by atoms with van der Waals surface area (Å²) < 4.78 is 43.4. The Balaban J connectivity index is 1.96. The summed E-state index contributed by atoms with van der Waals surface area (Å²) in [7, 11) is 0. The number of ketones is 1. The highest BCUT2D eigenvalue weighted by atomic mass is 35.5. The molecule has 37 heavy (non-hydrogen) atoms. The van der Waals surface area contributed by atoms with Crippen molar-refractivity contribution in [3.63, 3.8) is 0 Å². The predicted octanol–water partition coefficient (Wildman–Crippen LogP) is 5.71. The summed E-state index contributed by atoms with van der Waals surface area (Å²) in [4.78, 5) is 42.4. The second kappa shape index (κ2) is 11.6. The van der Waals surface area contributed by atoms with E-state index in [1.54, 1.807) is 19.9 Å². The SMILES string of the molecule is CC(C)=CCN(CC(=O)c1c(Cl)cncc1Cl)C(=O)c1cnn(C2CCC(C(=O)O)CC2)c1C(F)(F)F. The van der Waals surface area contributed by atoms with Crippen molar-refractivity contribution < 1.29 is 32.7 Å². The second-order valence-electron chi connectivity index (χ2n) is 9.06.